The molecule has 1 nitrogen and oxygen atoms in total. The Balaban J connectivity index is 1.75. The van der Waals surface area contributed by atoms with Crippen LogP contribution in [0.25, 0.3) is 0 Å². The minimum absolute atomic E-state index is 0.0917. The van der Waals surface area contributed by atoms with Gasteiger partial charge in [-0.05, 0) is 48.9 Å². The second-order valence-corrected chi connectivity index (χ2v) is 5.80. The van der Waals surface area contributed by atoms with Crippen LogP contribution < -0.4 is 0 Å². The zero-order valence-corrected chi connectivity index (χ0v) is 8.24. The summed E-state index contributed by atoms with van der Waals surface area (Å²) < 4.78 is 0. The third kappa shape index (κ3) is 0.495. The van der Waals surface area contributed by atoms with Crippen molar-refractivity contribution >= 4 is 0 Å². The normalized spacial score (nSPS) is 71.5. The van der Waals surface area contributed by atoms with Gasteiger partial charge in [-0.3, -0.25) is 0 Å². The molecule has 4 saturated carbocycles. The fourth-order valence-electron chi connectivity index (χ4n) is 5.71. The van der Waals surface area contributed by atoms with Crippen molar-refractivity contribution in [1.82, 2.24) is 0 Å². The van der Waals surface area contributed by atoms with E-state index in [0.29, 0.717) is 5.41 Å². The molecule has 0 aromatic carbocycles. The first-order valence-electron chi connectivity index (χ1n) is 5.99. The lowest BCUT2D eigenvalue weighted by molar-refractivity contribution is -0.234. The van der Waals surface area contributed by atoms with Crippen LogP contribution in [0.2, 0.25) is 0 Å². The SMILES string of the molecule is CC[C@H]1[C@H]2[C@@H]3C[C@@H]3[C@@]23[C@@H]1CC[C@@H]3O. The first-order valence-corrected chi connectivity index (χ1v) is 5.99. The molecule has 72 valence electrons. The predicted molar refractivity (Wildman–Crippen MR) is 50.0 cm³/mol. The Morgan fingerprint density at radius 1 is 1.31 bits per heavy atom. The lowest BCUT2D eigenvalue weighted by Gasteiger charge is -2.67. The molecule has 0 radical (unpaired) electrons. The van der Waals surface area contributed by atoms with Crippen LogP contribution in [-0.4, -0.2) is 11.2 Å². The highest BCUT2D eigenvalue weighted by Gasteiger charge is 2.84. The van der Waals surface area contributed by atoms with Crippen LogP contribution in [0, 0.1) is 35.0 Å². The standard InChI is InChI=1S/C12H18O/c1-2-6-8-3-4-10(13)12(8)9-5-7(9)11(6)12/h6-11,13H,2-5H2,1H3/t6-,7-,8-,9+,10+,11+,12-/m1/s1. The molecule has 0 unspecified atom stereocenters. The molecular formula is C12H18O. The van der Waals surface area contributed by atoms with Gasteiger partial charge in [0, 0.05) is 5.41 Å². The summed E-state index contributed by atoms with van der Waals surface area (Å²) in [5, 5.41) is 10.1. The summed E-state index contributed by atoms with van der Waals surface area (Å²) in [5.74, 6) is 4.93. The first-order chi connectivity index (χ1) is 6.31. The largest absolute Gasteiger partial charge is 0.393 e. The van der Waals surface area contributed by atoms with Gasteiger partial charge in [0.25, 0.3) is 0 Å². The summed E-state index contributed by atoms with van der Waals surface area (Å²) >= 11 is 0. The molecule has 1 heteroatoms. The van der Waals surface area contributed by atoms with Crippen molar-refractivity contribution < 1.29 is 5.11 Å². The number of aliphatic hydroxyl groups is 1. The van der Waals surface area contributed by atoms with E-state index in [-0.39, 0.29) is 6.10 Å². The fourth-order valence-corrected chi connectivity index (χ4v) is 5.71. The number of rotatable bonds is 1. The third-order valence-electron chi connectivity index (χ3n) is 5.94. The van der Waals surface area contributed by atoms with Crippen LogP contribution >= 0.6 is 0 Å². The minimum atomic E-state index is 0.0917. The molecule has 0 bridgehead atoms. The molecule has 0 heterocycles. The Labute approximate surface area is 79.5 Å². The summed E-state index contributed by atoms with van der Waals surface area (Å²) in [6.07, 6.45) is 5.37. The predicted octanol–water partition coefficient (Wildman–Crippen LogP) is 2.05. The van der Waals surface area contributed by atoms with E-state index in [9.17, 15) is 5.11 Å². The molecule has 0 aromatic rings. The molecule has 4 aliphatic rings. The van der Waals surface area contributed by atoms with Gasteiger partial charge >= 0.3 is 0 Å². The van der Waals surface area contributed by atoms with Crippen LogP contribution in [0.3, 0.4) is 0 Å². The van der Waals surface area contributed by atoms with Crippen molar-refractivity contribution in [3.8, 4) is 0 Å². The molecule has 4 fully saturated rings. The maximum absolute atomic E-state index is 10.1. The van der Waals surface area contributed by atoms with Crippen LogP contribution in [0.1, 0.15) is 32.6 Å². The summed E-state index contributed by atoms with van der Waals surface area (Å²) in [6, 6.07) is 0. The van der Waals surface area contributed by atoms with Gasteiger partial charge in [0.1, 0.15) is 0 Å². The maximum atomic E-state index is 10.1. The van der Waals surface area contributed by atoms with E-state index in [1.807, 2.05) is 0 Å². The second-order valence-electron chi connectivity index (χ2n) is 5.80. The molecule has 0 aromatic heterocycles. The lowest BCUT2D eigenvalue weighted by atomic mass is 9.37. The number of aliphatic hydroxyl groups excluding tert-OH is 1. The summed E-state index contributed by atoms with van der Waals surface area (Å²) in [7, 11) is 0. The van der Waals surface area contributed by atoms with Gasteiger partial charge in [0.05, 0.1) is 6.10 Å². The van der Waals surface area contributed by atoms with E-state index < -0.39 is 0 Å². The smallest absolute Gasteiger partial charge is 0.0604 e. The van der Waals surface area contributed by atoms with Gasteiger partial charge in [-0.2, -0.15) is 0 Å². The highest BCUT2D eigenvalue weighted by molar-refractivity contribution is 5.32. The highest BCUT2D eigenvalue weighted by atomic mass is 16.3. The Morgan fingerprint density at radius 3 is 2.92 bits per heavy atom. The average molecular weight is 178 g/mol. The Hall–Kier alpha value is -0.0400. The molecule has 13 heavy (non-hydrogen) atoms. The van der Waals surface area contributed by atoms with Crippen molar-refractivity contribution in [2.24, 2.45) is 35.0 Å². The minimum Gasteiger partial charge on any atom is -0.393 e. The van der Waals surface area contributed by atoms with Crippen molar-refractivity contribution in [3.63, 3.8) is 0 Å². The van der Waals surface area contributed by atoms with Gasteiger partial charge in [-0.1, -0.05) is 13.3 Å². The van der Waals surface area contributed by atoms with Gasteiger partial charge < -0.3 is 5.11 Å². The van der Waals surface area contributed by atoms with E-state index in [0.717, 1.165) is 36.0 Å². The van der Waals surface area contributed by atoms with Crippen molar-refractivity contribution in [2.45, 2.75) is 38.7 Å². The van der Waals surface area contributed by atoms with Crippen LogP contribution in [0.4, 0.5) is 0 Å². The summed E-state index contributed by atoms with van der Waals surface area (Å²) in [5.41, 5.74) is 0.491. The monoisotopic (exact) mass is 178 g/mol. The van der Waals surface area contributed by atoms with E-state index in [1.54, 1.807) is 0 Å². The van der Waals surface area contributed by atoms with Gasteiger partial charge in [0.2, 0.25) is 0 Å². The fraction of sp³-hybridized carbons (Fsp3) is 1.00. The van der Waals surface area contributed by atoms with E-state index in [2.05, 4.69) is 6.92 Å². The maximum Gasteiger partial charge on any atom is 0.0604 e. The van der Waals surface area contributed by atoms with E-state index in [4.69, 9.17) is 0 Å². The first kappa shape index (κ1) is 7.28. The lowest BCUT2D eigenvalue weighted by Crippen LogP contribution is -2.66. The van der Waals surface area contributed by atoms with E-state index in [1.165, 1.54) is 19.3 Å². The third-order valence-corrected chi connectivity index (χ3v) is 5.94. The van der Waals surface area contributed by atoms with Crippen molar-refractivity contribution in [2.75, 3.05) is 0 Å². The summed E-state index contributed by atoms with van der Waals surface area (Å²) in [6.45, 7) is 2.34. The Kier molecular flexibility index (Phi) is 1.03. The molecule has 4 rings (SSSR count). The molecule has 7 atom stereocenters. The molecule has 1 spiro atoms. The topological polar surface area (TPSA) is 20.2 Å². The number of hydrogen-bond acceptors (Lipinski definition) is 1. The van der Waals surface area contributed by atoms with Gasteiger partial charge in [-0.25, -0.2) is 0 Å². The average Bonchev–Trinajstić information content (AvgIpc) is 2.71. The molecule has 1 N–H and O–H groups in total. The molecule has 4 aliphatic carbocycles. The van der Waals surface area contributed by atoms with Crippen LogP contribution in [-0.2, 0) is 0 Å². The Bertz CT molecular complexity index is 266. The van der Waals surface area contributed by atoms with Crippen molar-refractivity contribution in [3.05, 3.63) is 0 Å². The number of fused-ring (bicyclic) bond motifs is 2. The number of hydrogen-bond donors (Lipinski definition) is 1. The zero-order valence-electron chi connectivity index (χ0n) is 8.24. The highest BCUT2D eigenvalue weighted by Crippen LogP contribution is 2.87. The molecule has 0 saturated heterocycles. The second kappa shape index (κ2) is 1.84. The van der Waals surface area contributed by atoms with Gasteiger partial charge in [0.15, 0.2) is 0 Å². The molecular weight excluding hydrogens is 160 g/mol. The van der Waals surface area contributed by atoms with Gasteiger partial charge in [-0.15, -0.1) is 0 Å². The quantitative estimate of drug-likeness (QED) is 0.651. The molecule has 0 aliphatic heterocycles. The van der Waals surface area contributed by atoms with Crippen LogP contribution in [0.15, 0.2) is 0 Å². The van der Waals surface area contributed by atoms with E-state index >= 15 is 0 Å². The van der Waals surface area contributed by atoms with Crippen LogP contribution in [0.5, 0.6) is 0 Å². The molecule has 0 amide bonds. The zero-order chi connectivity index (χ0) is 8.79. The summed E-state index contributed by atoms with van der Waals surface area (Å²) in [4.78, 5) is 0. The van der Waals surface area contributed by atoms with Crippen molar-refractivity contribution in [1.29, 1.82) is 0 Å². The Morgan fingerprint density at radius 2 is 2.15 bits per heavy atom.